The molecule has 4 nitrogen and oxygen atoms in total. The minimum absolute atomic E-state index is 0.710. The Morgan fingerprint density at radius 3 is 2.21 bits per heavy atom. The van der Waals surface area contributed by atoms with E-state index in [1.165, 1.54) is 6.61 Å². The average molecular weight is 200 g/mol. The zero-order valence-electron chi connectivity index (χ0n) is 9.32. The summed E-state index contributed by atoms with van der Waals surface area (Å²) in [7, 11) is 4.22. The number of nitrogens with zero attached hydrogens (tertiary/aromatic N) is 3. The van der Waals surface area contributed by atoms with Crippen molar-refractivity contribution in [2.24, 2.45) is 0 Å². The fourth-order valence-corrected chi connectivity index (χ4v) is 1.65. The highest BCUT2D eigenvalue weighted by molar-refractivity contribution is 4.73. The number of hydrogen-bond acceptors (Lipinski definition) is 4. The highest BCUT2D eigenvalue weighted by Gasteiger charge is 2.15. The molecule has 0 aliphatic carbocycles. The molecule has 1 heterocycles. The summed E-state index contributed by atoms with van der Waals surface area (Å²) in [5, 5.41) is 8.67. The van der Waals surface area contributed by atoms with Crippen LogP contribution in [0.3, 0.4) is 0 Å². The third-order valence-corrected chi connectivity index (χ3v) is 2.67. The van der Waals surface area contributed by atoms with Gasteiger partial charge in [-0.15, -0.1) is 0 Å². The van der Waals surface area contributed by atoms with Crippen LogP contribution in [0.1, 0.15) is 0 Å². The molecular weight excluding hydrogens is 178 g/mol. The van der Waals surface area contributed by atoms with Gasteiger partial charge < -0.3 is 10.0 Å². The molecule has 1 rings (SSSR count). The van der Waals surface area contributed by atoms with Crippen molar-refractivity contribution in [3.05, 3.63) is 6.61 Å². The normalized spacial score (nSPS) is 20.6. The first-order chi connectivity index (χ1) is 6.72. The third kappa shape index (κ3) is 4.37. The van der Waals surface area contributed by atoms with Crippen molar-refractivity contribution in [3.8, 4) is 0 Å². The van der Waals surface area contributed by atoms with E-state index in [1.54, 1.807) is 0 Å². The summed E-state index contributed by atoms with van der Waals surface area (Å²) < 4.78 is 0. The largest absolute Gasteiger partial charge is 0.389 e. The van der Waals surface area contributed by atoms with E-state index < -0.39 is 0 Å². The van der Waals surface area contributed by atoms with E-state index >= 15 is 0 Å². The molecule has 83 valence electrons. The summed E-state index contributed by atoms with van der Waals surface area (Å²) in [5.41, 5.74) is 0. The summed E-state index contributed by atoms with van der Waals surface area (Å²) in [6.07, 6.45) is 0. The average Bonchev–Trinajstić information content (AvgIpc) is 2.17. The maximum absolute atomic E-state index is 8.67. The van der Waals surface area contributed by atoms with E-state index in [0.29, 0.717) is 6.54 Å². The van der Waals surface area contributed by atoms with Gasteiger partial charge in [-0.3, -0.25) is 9.80 Å². The van der Waals surface area contributed by atoms with E-state index in [0.717, 1.165) is 39.3 Å². The monoisotopic (exact) mass is 200 g/mol. The summed E-state index contributed by atoms with van der Waals surface area (Å²) in [5.74, 6) is 0. The predicted molar refractivity (Wildman–Crippen MR) is 57.7 cm³/mol. The first-order valence-corrected chi connectivity index (χ1v) is 5.27. The molecule has 0 bridgehead atoms. The number of piperazine rings is 1. The lowest BCUT2D eigenvalue weighted by molar-refractivity contribution is 0.121. The lowest BCUT2D eigenvalue weighted by atomic mass is 10.3. The zero-order chi connectivity index (χ0) is 10.4. The van der Waals surface area contributed by atoms with Gasteiger partial charge in [-0.05, 0) is 14.1 Å². The highest BCUT2D eigenvalue weighted by atomic mass is 16.3. The molecule has 0 spiro atoms. The van der Waals surface area contributed by atoms with E-state index in [9.17, 15) is 0 Å². The number of likely N-dealkylation sites (N-methyl/N-ethyl adjacent to an activating group) is 1. The lowest BCUT2D eigenvalue weighted by Gasteiger charge is -2.34. The molecule has 1 N–H and O–H groups in total. The van der Waals surface area contributed by atoms with E-state index in [2.05, 4.69) is 28.8 Å². The van der Waals surface area contributed by atoms with Gasteiger partial charge in [0, 0.05) is 45.8 Å². The van der Waals surface area contributed by atoms with Crippen molar-refractivity contribution in [1.82, 2.24) is 14.7 Å². The van der Waals surface area contributed by atoms with Crippen molar-refractivity contribution < 1.29 is 5.11 Å². The standard InChI is InChI=1S/C10H22N3O/c1-11(2)3-4-12-5-7-13(8-6-12)9-10-14/h10,14H,3-9H2,1-2H3. The lowest BCUT2D eigenvalue weighted by Crippen LogP contribution is -2.48. The van der Waals surface area contributed by atoms with Crippen LogP contribution in [0, 0.1) is 6.61 Å². The molecule has 4 heteroatoms. The first kappa shape index (κ1) is 11.9. The Bertz CT molecular complexity index is 144. The van der Waals surface area contributed by atoms with Gasteiger partial charge in [-0.25, -0.2) is 0 Å². The topological polar surface area (TPSA) is 30.0 Å². The van der Waals surface area contributed by atoms with E-state index in [-0.39, 0.29) is 0 Å². The van der Waals surface area contributed by atoms with Crippen molar-refractivity contribution in [3.63, 3.8) is 0 Å². The highest BCUT2D eigenvalue weighted by Crippen LogP contribution is 2.01. The minimum Gasteiger partial charge on any atom is -0.389 e. The molecule has 0 aromatic heterocycles. The van der Waals surface area contributed by atoms with Crippen molar-refractivity contribution in [2.75, 3.05) is 59.9 Å². The van der Waals surface area contributed by atoms with Crippen LogP contribution >= 0.6 is 0 Å². The van der Waals surface area contributed by atoms with E-state index in [1.807, 2.05) is 0 Å². The molecule has 0 atom stereocenters. The van der Waals surface area contributed by atoms with Crippen LogP contribution in [0.4, 0.5) is 0 Å². The van der Waals surface area contributed by atoms with Crippen molar-refractivity contribution >= 4 is 0 Å². The van der Waals surface area contributed by atoms with E-state index in [4.69, 9.17) is 5.11 Å². The number of aliphatic hydroxyl groups excluding tert-OH is 1. The van der Waals surface area contributed by atoms with Crippen LogP contribution in [0.5, 0.6) is 0 Å². The summed E-state index contributed by atoms with van der Waals surface area (Å²) in [4.78, 5) is 6.97. The van der Waals surface area contributed by atoms with Gasteiger partial charge in [0.2, 0.25) is 0 Å². The predicted octanol–water partition coefficient (Wildman–Crippen LogP) is -0.300. The summed E-state index contributed by atoms with van der Waals surface area (Å²) in [6, 6.07) is 0. The Morgan fingerprint density at radius 1 is 1.14 bits per heavy atom. The fraction of sp³-hybridized carbons (Fsp3) is 0.900. The zero-order valence-corrected chi connectivity index (χ0v) is 9.32. The quantitative estimate of drug-likeness (QED) is 0.660. The molecule has 0 aromatic rings. The molecule has 0 saturated carbocycles. The third-order valence-electron chi connectivity index (χ3n) is 2.67. The van der Waals surface area contributed by atoms with Crippen LogP contribution in [-0.4, -0.2) is 79.7 Å². The Kier molecular flexibility index (Phi) is 5.40. The molecular formula is C10H22N3O. The van der Waals surface area contributed by atoms with Crippen molar-refractivity contribution in [1.29, 1.82) is 0 Å². The van der Waals surface area contributed by atoms with Gasteiger partial charge in [-0.2, -0.15) is 0 Å². The molecule has 1 saturated heterocycles. The summed E-state index contributed by atoms with van der Waals surface area (Å²) in [6.45, 7) is 8.64. The molecule has 14 heavy (non-hydrogen) atoms. The molecule has 0 aromatic carbocycles. The van der Waals surface area contributed by atoms with Crippen LogP contribution < -0.4 is 0 Å². The number of rotatable bonds is 5. The van der Waals surface area contributed by atoms with Gasteiger partial charge in [0.05, 0.1) is 6.61 Å². The van der Waals surface area contributed by atoms with Crippen molar-refractivity contribution in [2.45, 2.75) is 0 Å². The molecule has 0 amide bonds. The molecule has 1 aliphatic rings. The maximum Gasteiger partial charge on any atom is 0.0938 e. The second kappa shape index (κ2) is 6.35. The van der Waals surface area contributed by atoms with Gasteiger partial charge in [0.1, 0.15) is 0 Å². The SMILES string of the molecule is CN(C)CCN1CCN(C[CH]O)CC1. The number of hydrogen-bond donors (Lipinski definition) is 1. The fourth-order valence-electron chi connectivity index (χ4n) is 1.65. The smallest absolute Gasteiger partial charge is 0.0938 e. The second-order valence-electron chi connectivity index (χ2n) is 4.13. The Balaban J connectivity index is 2.09. The van der Waals surface area contributed by atoms with Gasteiger partial charge in [0.25, 0.3) is 0 Å². The van der Waals surface area contributed by atoms with Gasteiger partial charge in [-0.1, -0.05) is 0 Å². The molecule has 1 fully saturated rings. The van der Waals surface area contributed by atoms with Crippen LogP contribution in [-0.2, 0) is 0 Å². The molecule has 1 radical (unpaired) electrons. The Hall–Kier alpha value is -0.160. The van der Waals surface area contributed by atoms with Crippen LogP contribution in [0.25, 0.3) is 0 Å². The molecule has 1 aliphatic heterocycles. The van der Waals surface area contributed by atoms with Crippen LogP contribution in [0.2, 0.25) is 0 Å². The Labute approximate surface area is 87.1 Å². The Morgan fingerprint density at radius 2 is 1.71 bits per heavy atom. The van der Waals surface area contributed by atoms with Gasteiger partial charge in [0.15, 0.2) is 0 Å². The minimum atomic E-state index is 0.710. The number of aliphatic hydroxyl groups is 1. The second-order valence-corrected chi connectivity index (χ2v) is 4.13. The van der Waals surface area contributed by atoms with Gasteiger partial charge >= 0.3 is 0 Å². The summed E-state index contributed by atoms with van der Waals surface area (Å²) >= 11 is 0. The molecule has 0 unspecified atom stereocenters. The van der Waals surface area contributed by atoms with Crippen LogP contribution in [0.15, 0.2) is 0 Å². The maximum atomic E-state index is 8.67. The first-order valence-electron chi connectivity index (χ1n) is 5.27.